The second kappa shape index (κ2) is 11.0. The van der Waals surface area contributed by atoms with E-state index in [9.17, 15) is 13.2 Å². The number of aldehydes is 1. The van der Waals surface area contributed by atoms with Gasteiger partial charge in [-0.1, -0.05) is 44.4 Å². The highest BCUT2D eigenvalue weighted by atomic mass is 32.2. The van der Waals surface area contributed by atoms with Gasteiger partial charge in [-0.2, -0.15) is 0 Å². The molecular weight excluding hydrogens is 312 g/mol. The number of rotatable bonds is 12. The van der Waals surface area contributed by atoms with Crippen molar-refractivity contribution < 1.29 is 17.9 Å². The van der Waals surface area contributed by atoms with Crippen molar-refractivity contribution in [1.29, 1.82) is 0 Å². The maximum Gasteiger partial charge on any atom is 0.202 e. The highest BCUT2D eigenvalue weighted by Gasteiger charge is 2.11. The highest BCUT2D eigenvalue weighted by molar-refractivity contribution is 7.94. The summed E-state index contributed by atoms with van der Waals surface area (Å²) in [4.78, 5) is 10.8. The molecule has 0 saturated heterocycles. The summed E-state index contributed by atoms with van der Waals surface area (Å²) < 4.78 is 29.8. The molecule has 0 fully saturated rings. The third-order valence-corrected chi connectivity index (χ3v) is 4.96. The Kier molecular flexibility index (Phi) is 9.29. The molecule has 0 aromatic heterocycles. The van der Waals surface area contributed by atoms with E-state index in [4.69, 9.17) is 4.74 Å². The Bertz CT molecular complexity index is 564. The van der Waals surface area contributed by atoms with Gasteiger partial charge in [-0.15, -0.1) is 0 Å². The lowest BCUT2D eigenvalue weighted by molar-refractivity contribution is -0.108. The number of carbonyl (C=O) groups excluding carboxylic acids is 1. The Labute approximate surface area is 139 Å². The van der Waals surface area contributed by atoms with E-state index in [-0.39, 0.29) is 11.0 Å². The summed E-state index contributed by atoms with van der Waals surface area (Å²) in [6.45, 7) is 2.15. The monoisotopic (exact) mass is 338 g/mol. The standard InChI is InChI=1S/C18H26O4S/c1-2-3-4-6-10-17(11-9-14-19)22-15-16-23(20,21)18-12-7-5-8-13-18/h5,7-8,12-17H,2-4,6,9-11H2,1H3/b16-15+. The summed E-state index contributed by atoms with van der Waals surface area (Å²) in [6.07, 6.45) is 8.38. The van der Waals surface area contributed by atoms with E-state index in [1.54, 1.807) is 30.3 Å². The number of benzene rings is 1. The van der Waals surface area contributed by atoms with Crippen LogP contribution >= 0.6 is 0 Å². The van der Waals surface area contributed by atoms with Crippen LogP contribution in [-0.2, 0) is 19.4 Å². The van der Waals surface area contributed by atoms with E-state index in [2.05, 4.69) is 6.92 Å². The van der Waals surface area contributed by atoms with E-state index in [0.29, 0.717) is 12.8 Å². The molecule has 0 radical (unpaired) electrons. The molecule has 4 nitrogen and oxygen atoms in total. The van der Waals surface area contributed by atoms with Crippen LogP contribution in [0.5, 0.6) is 0 Å². The fraction of sp³-hybridized carbons (Fsp3) is 0.500. The molecule has 0 saturated carbocycles. The minimum atomic E-state index is -3.48. The zero-order chi connectivity index (χ0) is 17.0. The second-order valence-electron chi connectivity index (χ2n) is 5.48. The first-order valence-electron chi connectivity index (χ1n) is 8.16. The van der Waals surface area contributed by atoms with Gasteiger partial charge in [0.2, 0.25) is 9.84 Å². The molecule has 1 aromatic rings. The number of sulfone groups is 1. The first-order valence-corrected chi connectivity index (χ1v) is 9.70. The number of hydrogen-bond acceptors (Lipinski definition) is 4. The van der Waals surface area contributed by atoms with E-state index in [1.807, 2.05) is 0 Å². The van der Waals surface area contributed by atoms with E-state index >= 15 is 0 Å². The summed E-state index contributed by atoms with van der Waals surface area (Å²) in [6, 6.07) is 8.23. The normalized spacial score (nSPS) is 13.1. The molecule has 1 rings (SSSR count). The van der Waals surface area contributed by atoms with Gasteiger partial charge >= 0.3 is 0 Å². The summed E-state index contributed by atoms with van der Waals surface area (Å²) in [7, 11) is -3.48. The average Bonchev–Trinajstić information content (AvgIpc) is 2.56. The third-order valence-electron chi connectivity index (χ3n) is 3.56. The summed E-state index contributed by atoms with van der Waals surface area (Å²) in [5.41, 5.74) is 0. The van der Waals surface area contributed by atoms with E-state index < -0.39 is 9.84 Å². The molecule has 23 heavy (non-hydrogen) atoms. The van der Waals surface area contributed by atoms with Crippen molar-refractivity contribution in [3.05, 3.63) is 42.0 Å². The van der Waals surface area contributed by atoms with E-state index in [1.165, 1.54) is 12.7 Å². The first-order chi connectivity index (χ1) is 11.1. The molecule has 128 valence electrons. The Morgan fingerprint density at radius 1 is 1.09 bits per heavy atom. The molecule has 0 aliphatic carbocycles. The lowest BCUT2D eigenvalue weighted by Crippen LogP contribution is -2.10. The topological polar surface area (TPSA) is 60.4 Å². The van der Waals surface area contributed by atoms with Crippen molar-refractivity contribution in [2.24, 2.45) is 0 Å². The number of unbranched alkanes of at least 4 members (excludes halogenated alkanes) is 3. The lowest BCUT2D eigenvalue weighted by atomic mass is 10.1. The van der Waals surface area contributed by atoms with Crippen molar-refractivity contribution in [3.8, 4) is 0 Å². The second-order valence-corrected chi connectivity index (χ2v) is 7.32. The van der Waals surface area contributed by atoms with Crippen molar-refractivity contribution in [2.45, 2.75) is 62.9 Å². The van der Waals surface area contributed by atoms with Gasteiger partial charge in [0, 0.05) is 6.42 Å². The zero-order valence-electron chi connectivity index (χ0n) is 13.7. The predicted octanol–water partition coefficient (Wildman–Crippen LogP) is 4.27. The Morgan fingerprint density at radius 2 is 1.83 bits per heavy atom. The maximum atomic E-state index is 12.1. The fourth-order valence-electron chi connectivity index (χ4n) is 2.24. The van der Waals surface area contributed by atoms with Gasteiger partial charge in [0.15, 0.2) is 0 Å². The summed E-state index contributed by atoms with van der Waals surface area (Å²) in [5, 5.41) is 1.09. The summed E-state index contributed by atoms with van der Waals surface area (Å²) in [5.74, 6) is 0. The van der Waals surface area contributed by atoms with Gasteiger partial charge < -0.3 is 9.53 Å². The third kappa shape index (κ3) is 7.98. The Balaban J connectivity index is 2.56. The van der Waals surface area contributed by atoms with Crippen LogP contribution in [0.4, 0.5) is 0 Å². The minimum absolute atomic E-state index is 0.112. The van der Waals surface area contributed by atoms with Gasteiger partial charge in [0.1, 0.15) is 6.29 Å². The molecule has 0 bridgehead atoms. The van der Waals surface area contributed by atoms with Crippen molar-refractivity contribution in [2.75, 3.05) is 0 Å². The van der Waals surface area contributed by atoms with Crippen LogP contribution in [0.1, 0.15) is 51.9 Å². The van der Waals surface area contributed by atoms with Gasteiger partial charge in [-0.05, 0) is 31.4 Å². The molecule has 1 atom stereocenters. The molecule has 0 N–H and O–H groups in total. The van der Waals surface area contributed by atoms with Gasteiger partial charge in [0.25, 0.3) is 0 Å². The molecule has 0 aliphatic rings. The SMILES string of the molecule is CCCCCCC(CCC=O)O/C=C/S(=O)(=O)c1ccccc1. The van der Waals surface area contributed by atoms with Crippen LogP contribution in [0, 0.1) is 0 Å². The van der Waals surface area contributed by atoms with Gasteiger partial charge in [-0.3, -0.25) is 0 Å². The van der Waals surface area contributed by atoms with Gasteiger partial charge in [0.05, 0.1) is 22.7 Å². The maximum absolute atomic E-state index is 12.1. The molecule has 0 heterocycles. The number of hydrogen-bond donors (Lipinski definition) is 0. The minimum Gasteiger partial charge on any atom is -0.497 e. The largest absolute Gasteiger partial charge is 0.497 e. The molecule has 0 spiro atoms. The van der Waals surface area contributed by atoms with Crippen LogP contribution in [0.25, 0.3) is 0 Å². The molecule has 1 unspecified atom stereocenters. The number of ether oxygens (including phenoxy) is 1. The molecular formula is C18H26O4S. The van der Waals surface area contributed by atoms with Crippen LogP contribution in [-0.4, -0.2) is 20.8 Å². The van der Waals surface area contributed by atoms with Crippen LogP contribution in [0.2, 0.25) is 0 Å². The fourth-order valence-corrected chi connectivity index (χ4v) is 3.14. The van der Waals surface area contributed by atoms with Crippen molar-refractivity contribution in [3.63, 3.8) is 0 Å². The molecule has 0 aliphatic heterocycles. The predicted molar refractivity (Wildman–Crippen MR) is 91.7 cm³/mol. The van der Waals surface area contributed by atoms with Crippen LogP contribution in [0.15, 0.2) is 46.9 Å². The van der Waals surface area contributed by atoms with Gasteiger partial charge in [-0.25, -0.2) is 8.42 Å². The quantitative estimate of drug-likeness (QED) is 0.324. The highest BCUT2D eigenvalue weighted by Crippen LogP contribution is 2.15. The molecule has 1 aromatic carbocycles. The van der Waals surface area contributed by atoms with Crippen molar-refractivity contribution in [1.82, 2.24) is 0 Å². The van der Waals surface area contributed by atoms with Crippen molar-refractivity contribution >= 4 is 16.1 Å². The number of carbonyl (C=O) groups is 1. The first kappa shape index (κ1) is 19.4. The smallest absolute Gasteiger partial charge is 0.202 e. The lowest BCUT2D eigenvalue weighted by Gasteiger charge is -2.15. The van der Waals surface area contributed by atoms with Crippen LogP contribution < -0.4 is 0 Å². The summed E-state index contributed by atoms with van der Waals surface area (Å²) >= 11 is 0. The van der Waals surface area contributed by atoms with E-state index in [0.717, 1.165) is 37.4 Å². The average molecular weight is 338 g/mol. The van der Waals surface area contributed by atoms with Crippen LogP contribution in [0.3, 0.4) is 0 Å². The zero-order valence-corrected chi connectivity index (χ0v) is 14.5. The molecule has 0 amide bonds. The molecule has 5 heteroatoms. The Hall–Kier alpha value is -1.62. The Morgan fingerprint density at radius 3 is 2.48 bits per heavy atom.